The van der Waals surface area contributed by atoms with Crippen molar-refractivity contribution >= 4 is 17.7 Å². The molecule has 0 spiro atoms. The van der Waals surface area contributed by atoms with E-state index in [0.29, 0.717) is 11.0 Å². The third kappa shape index (κ3) is 4.09. The number of hydrogen-bond donors (Lipinski definition) is 1. The minimum Gasteiger partial charge on any atom is -0.406 e. The summed E-state index contributed by atoms with van der Waals surface area (Å²) in [7, 11) is 0. The second-order valence-corrected chi connectivity index (χ2v) is 6.57. The number of carbonyl (C=O) groups excluding carboxylic acids is 3. The summed E-state index contributed by atoms with van der Waals surface area (Å²) in [6.45, 7) is 0.494. The molecule has 1 aliphatic heterocycles. The minimum atomic E-state index is -4.89. The number of ether oxygens (including phenoxy) is 1. The summed E-state index contributed by atoms with van der Waals surface area (Å²) < 4.78 is 67.4. The Morgan fingerprint density at radius 1 is 1.10 bits per heavy atom. The van der Waals surface area contributed by atoms with Crippen LogP contribution < -0.4 is 10.1 Å². The number of urea groups is 1. The molecule has 1 saturated heterocycles. The number of rotatable bonds is 5. The van der Waals surface area contributed by atoms with Crippen molar-refractivity contribution in [3.63, 3.8) is 0 Å². The maximum absolute atomic E-state index is 13.8. The molecule has 0 saturated carbocycles. The normalized spacial score (nSPS) is 19.1. The fourth-order valence-corrected chi connectivity index (χ4v) is 2.97. The van der Waals surface area contributed by atoms with Crippen LogP contribution in [0.3, 0.4) is 0 Å². The summed E-state index contributed by atoms with van der Waals surface area (Å²) in [5.74, 6) is -4.37. The highest BCUT2D eigenvalue weighted by Crippen LogP contribution is 2.31. The van der Waals surface area contributed by atoms with E-state index in [4.69, 9.17) is 0 Å². The van der Waals surface area contributed by atoms with E-state index in [-0.39, 0.29) is 5.56 Å². The molecule has 2 aromatic rings. The van der Waals surface area contributed by atoms with Crippen LogP contribution in [0.25, 0.3) is 0 Å². The standard InChI is InChI=1S/C19H13F5N2O4/c1-18(10-2-5-12(6-3-10)30-19(22,23)24)16(28)26(17(29)25-18)9-15(27)13-7-4-11(20)8-14(13)21/h2-8H,9H2,1H3,(H,25,29). The van der Waals surface area contributed by atoms with E-state index >= 15 is 0 Å². The number of nitrogens with zero attached hydrogens (tertiary/aromatic N) is 1. The van der Waals surface area contributed by atoms with Crippen molar-refractivity contribution in [1.82, 2.24) is 10.2 Å². The monoisotopic (exact) mass is 428 g/mol. The van der Waals surface area contributed by atoms with E-state index in [1.54, 1.807) is 0 Å². The summed E-state index contributed by atoms with van der Waals surface area (Å²) in [5.41, 5.74) is -2.03. The van der Waals surface area contributed by atoms with E-state index in [1.165, 1.54) is 6.92 Å². The highest BCUT2D eigenvalue weighted by molar-refractivity contribution is 6.11. The Hall–Kier alpha value is -3.50. The number of halogens is 5. The summed E-state index contributed by atoms with van der Waals surface area (Å²) >= 11 is 0. The SMILES string of the molecule is CC1(c2ccc(OC(F)(F)F)cc2)NC(=O)N(CC(=O)c2ccc(F)cc2F)C1=O. The van der Waals surface area contributed by atoms with Gasteiger partial charge >= 0.3 is 12.4 Å². The largest absolute Gasteiger partial charge is 0.573 e. The van der Waals surface area contributed by atoms with Crippen LogP contribution in [0.1, 0.15) is 22.8 Å². The van der Waals surface area contributed by atoms with Crippen LogP contribution in [0, 0.1) is 11.6 Å². The average Bonchev–Trinajstić information content (AvgIpc) is 2.85. The summed E-state index contributed by atoms with van der Waals surface area (Å²) in [6, 6.07) is 5.54. The van der Waals surface area contributed by atoms with Crippen molar-refractivity contribution in [3.8, 4) is 5.75 Å². The molecule has 1 fully saturated rings. The van der Waals surface area contributed by atoms with Gasteiger partial charge in [0.05, 0.1) is 12.1 Å². The van der Waals surface area contributed by atoms with Gasteiger partial charge < -0.3 is 10.1 Å². The first-order chi connectivity index (χ1) is 13.9. The van der Waals surface area contributed by atoms with Gasteiger partial charge in [0.15, 0.2) is 5.78 Å². The minimum absolute atomic E-state index is 0.137. The van der Waals surface area contributed by atoms with Gasteiger partial charge in [0.2, 0.25) is 0 Å². The first-order valence-corrected chi connectivity index (χ1v) is 8.39. The van der Waals surface area contributed by atoms with Crippen LogP contribution in [-0.4, -0.2) is 35.5 Å². The van der Waals surface area contributed by atoms with Gasteiger partial charge in [-0.1, -0.05) is 12.1 Å². The molecular formula is C19H13F5N2O4. The maximum atomic E-state index is 13.8. The molecule has 11 heteroatoms. The van der Waals surface area contributed by atoms with Gasteiger partial charge in [0.1, 0.15) is 22.9 Å². The Labute approximate surface area is 166 Å². The number of ketones is 1. The number of amides is 3. The molecule has 1 atom stereocenters. The zero-order valence-electron chi connectivity index (χ0n) is 15.2. The number of nitrogens with one attached hydrogen (secondary N) is 1. The summed E-state index contributed by atoms with van der Waals surface area (Å²) in [6.07, 6.45) is -4.89. The molecular weight excluding hydrogens is 415 g/mol. The zero-order chi connectivity index (χ0) is 22.3. The van der Waals surface area contributed by atoms with Crippen LogP contribution in [0.5, 0.6) is 5.75 Å². The molecule has 6 nitrogen and oxygen atoms in total. The van der Waals surface area contributed by atoms with Crippen LogP contribution in [-0.2, 0) is 10.3 Å². The molecule has 0 aliphatic carbocycles. The van der Waals surface area contributed by atoms with Crippen LogP contribution >= 0.6 is 0 Å². The second-order valence-electron chi connectivity index (χ2n) is 6.57. The molecule has 2 aromatic carbocycles. The fourth-order valence-electron chi connectivity index (χ4n) is 2.97. The zero-order valence-corrected chi connectivity index (χ0v) is 15.2. The van der Waals surface area contributed by atoms with Crippen molar-refractivity contribution in [1.29, 1.82) is 0 Å². The molecule has 0 radical (unpaired) electrons. The van der Waals surface area contributed by atoms with Gasteiger partial charge in [-0.05, 0) is 36.8 Å². The lowest BCUT2D eigenvalue weighted by Crippen LogP contribution is -2.41. The second kappa shape index (κ2) is 7.39. The molecule has 158 valence electrons. The molecule has 1 unspecified atom stereocenters. The Kier molecular flexibility index (Phi) is 5.23. The van der Waals surface area contributed by atoms with Crippen molar-refractivity contribution in [3.05, 3.63) is 65.2 Å². The van der Waals surface area contributed by atoms with Gasteiger partial charge in [-0.15, -0.1) is 13.2 Å². The lowest BCUT2D eigenvalue weighted by molar-refractivity contribution is -0.274. The van der Waals surface area contributed by atoms with E-state index in [2.05, 4.69) is 10.1 Å². The molecule has 1 aliphatic rings. The van der Waals surface area contributed by atoms with Crippen LogP contribution in [0.2, 0.25) is 0 Å². The van der Waals surface area contributed by atoms with E-state index in [0.717, 1.165) is 36.4 Å². The van der Waals surface area contributed by atoms with E-state index in [1.807, 2.05) is 0 Å². The first kappa shape index (κ1) is 21.2. The molecule has 3 amide bonds. The van der Waals surface area contributed by atoms with Gasteiger partial charge in [-0.3, -0.25) is 14.5 Å². The van der Waals surface area contributed by atoms with E-state index in [9.17, 15) is 36.3 Å². The van der Waals surface area contributed by atoms with Crippen molar-refractivity contribution in [2.75, 3.05) is 6.54 Å². The topological polar surface area (TPSA) is 75.7 Å². The number of imide groups is 1. The predicted octanol–water partition coefficient (Wildman–Crippen LogP) is 3.51. The summed E-state index contributed by atoms with van der Waals surface area (Å²) in [4.78, 5) is 37.9. The summed E-state index contributed by atoms with van der Waals surface area (Å²) in [5, 5.41) is 2.36. The Bertz CT molecular complexity index is 1020. The van der Waals surface area contributed by atoms with Crippen molar-refractivity contribution in [2.45, 2.75) is 18.8 Å². The number of carbonyl (C=O) groups is 3. The Morgan fingerprint density at radius 3 is 2.30 bits per heavy atom. The quantitative estimate of drug-likeness (QED) is 0.449. The van der Waals surface area contributed by atoms with Gasteiger partial charge in [-0.25, -0.2) is 13.6 Å². The number of benzene rings is 2. The predicted molar refractivity (Wildman–Crippen MR) is 91.4 cm³/mol. The Morgan fingerprint density at radius 2 is 1.73 bits per heavy atom. The fraction of sp³-hybridized carbons (Fsp3) is 0.211. The van der Waals surface area contributed by atoms with Gasteiger partial charge in [0, 0.05) is 6.07 Å². The van der Waals surface area contributed by atoms with Gasteiger partial charge in [0.25, 0.3) is 5.91 Å². The molecule has 0 bridgehead atoms. The van der Waals surface area contributed by atoms with Crippen molar-refractivity contribution < 1.29 is 41.1 Å². The maximum Gasteiger partial charge on any atom is 0.573 e. The average molecular weight is 428 g/mol. The highest BCUT2D eigenvalue weighted by Gasteiger charge is 2.49. The number of alkyl halides is 3. The molecule has 0 aromatic heterocycles. The number of Topliss-reactive ketones (excluding diaryl/α,β-unsaturated/α-hetero) is 1. The lowest BCUT2D eigenvalue weighted by atomic mass is 9.92. The van der Waals surface area contributed by atoms with Crippen molar-refractivity contribution in [2.24, 2.45) is 0 Å². The third-order valence-corrected chi connectivity index (χ3v) is 4.47. The molecule has 1 heterocycles. The first-order valence-electron chi connectivity index (χ1n) is 8.39. The van der Waals surface area contributed by atoms with Crippen LogP contribution in [0.15, 0.2) is 42.5 Å². The molecule has 30 heavy (non-hydrogen) atoms. The molecule has 1 N–H and O–H groups in total. The van der Waals surface area contributed by atoms with E-state index < -0.39 is 59.1 Å². The number of hydrogen-bond acceptors (Lipinski definition) is 4. The van der Waals surface area contributed by atoms with Crippen LogP contribution in [0.4, 0.5) is 26.7 Å². The Balaban J connectivity index is 1.80. The van der Waals surface area contributed by atoms with Gasteiger partial charge in [-0.2, -0.15) is 0 Å². The third-order valence-electron chi connectivity index (χ3n) is 4.47. The highest BCUT2D eigenvalue weighted by atomic mass is 19.4. The smallest absolute Gasteiger partial charge is 0.406 e. The lowest BCUT2D eigenvalue weighted by Gasteiger charge is -2.22. The molecule has 3 rings (SSSR count).